The van der Waals surface area contributed by atoms with Gasteiger partial charge in [0, 0.05) is 33.4 Å². The third-order valence-corrected chi connectivity index (χ3v) is 6.71. The summed E-state index contributed by atoms with van der Waals surface area (Å²) < 4.78 is 40.5. The molecule has 0 aromatic carbocycles. The molecular weight excluding hydrogens is 306 g/mol. The van der Waals surface area contributed by atoms with Gasteiger partial charge >= 0.3 is 0 Å². The highest BCUT2D eigenvalue weighted by atomic mass is 32.2. The van der Waals surface area contributed by atoms with Crippen LogP contribution in [0.5, 0.6) is 0 Å². The van der Waals surface area contributed by atoms with E-state index in [9.17, 15) is 8.42 Å². The quantitative estimate of drug-likeness (QED) is 0.816. The van der Waals surface area contributed by atoms with E-state index >= 15 is 0 Å². The number of rotatable bonds is 4. The Kier molecular flexibility index (Phi) is 4.05. The van der Waals surface area contributed by atoms with E-state index in [0.717, 1.165) is 12.8 Å². The normalized spacial score (nSPS) is 29.7. The number of sulfonamides is 1. The zero-order valence-electron chi connectivity index (χ0n) is 13.3. The predicted molar refractivity (Wildman–Crippen MR) is 80.1 cm³/mol. The van der Waals surface area contributed by atoms with E-state index < -0.39 is 15.6 Å². The van der Waals surface area contributed by atoms with Gasteiger partial charge in [0.2, 0.25) is 10.0 Å². The molecule has 0 amide bonds. The molecule has 0 N–H and O–H groups in total. The second-order valence-electron chi connectivity index (χ2n) is 5.95. The smallest absolute Gasteiger partial charge is 0.246 e. The largest absolute Gasteiger partial charge is 0.377 e. The van der Waals surface area contributed by atoms with Crippen molar-refractivity contribution in [3.8, 4) is 0 Å². The van der Waals surface area contributed by atoms with Crippen LogP contribution in [-0.2, 0) is 26.0 Å². The number of methoxy groups -OCH3 is 1. The van der Waals surface area contributed by atoms with Crippen molar-refractivity contribution in [3.05, 3.63) is 11.9 Å². The maximum Gasteiger partial charge on any atom is 0.246 e. The van der Waals surface area contributed by atoms with Crippen LogP contribution in [0.4, 0.5) is 0 Å². The molecule has 22 heavy (non-hydrogen) atoms. The first-order valence-electron chi connectivity index (χ1n) is 7.64. The van der Waals surface area contributed by atoms with E-state index in [1.807, 2.05) is 6.92 Å². The predicted octanol–water partition coefficient (Wildman–Crippen LogP) is 0.780. The lowest BCUT2D eigenvalue weighted by Crippen LogP contribution is -2.42. The maximum absolute atomic E-state index is 12.9. The molecule has 7 nitrogen and oxygen atoms in total. The number of nitrogens with zero attached hydrogens (tertiary/aromatic N) is 3. The van der Waals surface area contributed by atoms with Crippen LogP contribution in [0.25, 0.3) is 0 Å². The zero-order valence-corrected chi connectivity index (χ0v) is 14.1. The molecule has 0 radical (unpaired) electrons. The van der Waals surface area contributed by atoms with E-state index in [1.165, 1.54) is 10.5 Å². The van der Waals surface area contributed by atoms with Gasteiger partial charge in [0.15, 0.2) is 0 Å². The fraction of sp³-hybridized carbons (Fsp3) is 0.786. The van der Waals surface area contributed by atoms with Crippen LogP contribution in [0.2, 0.25) is 0 Å². The maximum atomic E-state index is 12.9. The standard InChI is InChI=1S/C14H23N3O4S/c1-4-17-11(2)12(8-15-17)22(18,19)16-9-13(20-3)14(10-16)6-5-7-21-14/h8,13H,4-7,9-10H2,1-3H3/t13-,14-/m0/s1. The first kappa shape index (κ1) is 15.9. The van der Waals surface area contributed by atoms with Crippen molar-refractivity contribution < 1.29 is 17.9 Å². The average molecular weight is 329 g/mol. The van der Waals surface area contributed by atoms with Crippen LogP contribution in [0.15, 0.2) is 11.1 Å². The number of aryl methyl sites for hydroxylation is 1. The van der Waals surface area contributed by atoms with Gasteiger partial charge in [0.05, 0.1) is 11.9 Å². The number of hydrogen-bond acceptors (Lipinski definition) is 5. The van der Waals surface area contributed by atoms with Crippen LogP contribution in [0, 0.1) is 6.92 Å². The molecule has 124 valence electrons. The Hall–Kier alpha value is -0.960. The average Bonchev–Trinajstić information content (AvgIpc) is 3.19. The van der Waals surface area contributed by atoms with Gasteiger partial charge in [-0.3, -0.25) is 4.68 Å². The Morgan fingerprint density at radius 2 is 2.32 bits per heavy atom. The van der Waals surface area contributed by atoms with Crippen LogP contribution in [0.1, 0.15) is 25.5 Å². The third kappa shape index (κ3) is 2.29. The zero-order chi connectivity index (χ0) is 16.0. The summed E-state index contributed by atoms with van der Waals surface area (Å²) in [6, 6.07) is 0. The van der Waals surface area contributed by atoms with Crippen LogP contribution in [-0.4, -0.2) is 61.0 Å². The van der Waals surface area contributed by atoms with E-state index in [-0.39, 0.29) is 11.0 Å². The van der Waals surface area contributed by atoms with Gasteiger partial charge in [-0.05, 0) is 26.7 Å². The number of aromatic nitrogens is 2. The van der Waals surface area contributed by atoms with E-state index in [0.29, 0.717) is 31.9 Å². The van der Waals surface area contributed by atoms with Crippen molar-refractivity contribution in [1.29, 1.82) is 0 Å². The molecule has 0 saturated carbocycles. The van der Waals surface area contributed by atoms with Crippen molar-refractivity contribution in [3.63, 3.8) is 0 Å². The molecule has 3 rings (SSSR count). The van der Waals surface area contributed by atoms with Crippen molar-refractivity contribution in [1.82, 2.24) is 14.1 Å². The van der Waals surface area contributed by atoms with Gasteiger partial charge in [0.25, 0.3) is 0 Å². The van der Waals surface area contributed by atoms with Gasteiger partial charge < -0.3 is 9.47 Å². The number of hydrogen-bond donors (Lipinski definition) is 0. The Balaban J connectivity index is 1.91. The fourth-order valence-corrected chi connectivity index (χ4v) is 5.18. The molecule has 2 aliphatic heterocycles. The molecule has 3 heterocycles. The molecule has 8 heteroatoms. The van der Waals surface area contributed by atoms with Crippen molar-refractivity contribution in [2.75, 3.05) is 26.8 Å². The SMILES string of the molecule is CCn1ncc(S(=O)(=O)N2C[C@H](OC)[C@]3(CCCO3)C2)c1C. The second-order valence-corrected chi connectivity index (χ2v) is 7.86. The van der Waals surface area contributed by atoms with E-state index in [1.54, 1.807) is 18.7 Å². The van der Waals surface area contributed by atoms with E-state index in [4.69, 9.17) is 9.47 Å². The van der Waals surface area contributed by atoms with Gasteiger partial charge in [-0.1, -0.05) is 0 Å². The molecule has 0 bridgehead atoms. The summed E-state index contributed by atoms with van der Waals surface area (Å²) in [5, 5.41) is 4.15. The highest BCUT2D eigenvalue weighted by molar-refractivity contribution is 7.89. The van der Waals surface area contributed by atoms with Crippen molar-refractivity contribution in [2.45, 2.75) is 49.8 Å². The molecule has 1 aromatic rings. The fourth-order valence-electron chi connectivity index (χ4n) is 3.53. The molecule has 2 atom stereocenters. The minimum Gasteiger partial charge on any atom is -0.377 e. The Morgan fingerprint density at radius 1 is 1.55 bits per heavy atom. The molecule has 0 aliphatic carbocycles. The first-order valence-corrected chi connectivity index (χ1v) is 9.08. The summed E-state index contributed by atoms with van der Waals surface area (Å²) >= 11 is 0. The van der Waals surface area contributed by atoms with Gasteiger partial charge in [0.1, 0.15) is 16.6 Å². The molecule has 1 aromatic heterocycles. The summed E-state index contributed by atoms with van der Waals surface area (Å²) in [7, 11) is -1.96. The molecule has 1 spiro atoms. The molecule has 0 unspecified atom stereocenters. The Morgan fingerprint density at radius 3 is 2.86 bits per heavy atom. The summed E-state index contributed by atoms with van der Waals surface area (Å²) in [4.78, 5) is 0.277. The Labute approximate surface area is 131 Å². The van der Waals surface area contributed by atoms with Crippen molar-refractivity contribution in [2.24, 2.45) is 0 Å². The van der Waals surface area contributed by atoms with Crippen LogP contribution in [0.3, 0.4) is 0 Å². The molecule has 2 fully saturated rings. The summed E-state index contributed by atoms with van der Waals surface area (Å²) in [5.41, 5.74) is 0.181. The van der Waals surface area contributed by atoms with E-state index in [2.05, 4.69) is 5.10 Å². The summed E-state index contributed by atoms with van der Waals surface area (Å²) in [5.74, 6) is 0. The van der Waals surface area contributed by atoms with Crippen LogP contribution < -0.4 is 0 Å². The summed E-state index contributed by atoms with van der Waals surface area (Å²) in [6.07, 6.45) is 3.01. The highest BCUT2D eigenvalue weighted by Crippen LogP contribution is 2.39. The summed E-state index contributed by atoms with van der Waals surface area (Å²) in [6.45, 7) is 5.72. The highest BCUT2D eigenvalue weighted by Gasteiger charge is 2.53. The minimum atomic E-state index is -3.58. The van der Waals surface area contributed by atoms with Gasteiger partial charge in [-0.25, -0.2) is 8.42 Å². The lowest BCUT2D eigenvalue weighted by molar-refractivity contribution is -0.0753. The first-order chi connectivity index (χ1) is 10.4. The van der Waals surface area contributed by atoms with Crippen LogP contribution >= 0.6 is 0 Å². The molecular formula is C14H23N3O4S. The second kappa shape index (κ2) is 5.59. The lowest BCUT2D eigenvalue weighted by atomic mass is 9.97. The topological polar surface area (TPSA) is 73.7 Å². The minimum absolute atomic E-state index is 0.216. The lowest BCUT2D eigenvalue weighted by Gasteiger charge is -2.27. The van der Waals surface area contributed by atoms with Gasteiger partial charge in [-0.2, -0.15) is 9.40 Å². The third-order valence-electron chi connectivity index (χ3n) is 4.79. The molecule has 2 saturated heterocycles. The number of ether oxygens (including phenoxy) is 2. The molecule has 2 aliphatic rings. The monoisotopic (exact) mass is 329 g/mol. The van der Waals surface area contributed by atoms with Gasteiger partial charge in [-0.15, -0.1) is 0 Å². The Bertz CT molecular complexity index is 649. The van der Waals surface area contributed by atoms with Crippen molar-refractivity contribution >= 4 is 10.0 Å².